The van der Waals surface area contributed by atoms with Gasteiger partial charge in [-0.25, -0.2) is 14.3 Å². The van der Waals surface area contributed by atoms with Crippen LogP contribution in [0.3, 0.4) is 0 Å². The van der Waals surface area contributed by atoms with Gasteiger partial charge in [0.15, 0.2) is 18.2 Å². The zero-order chi connectivity index (χ0) is 19.6. The molecule has 2 heterocycles. The molecule has 146 valence electrons. The Balaban J connectivity index is 2.15. The van der Waals surface area contributed by atoms with E-state index in [0.717, 1.165) is 6.20 Å². The number of hydrogen-bond donors (Lipinski definition) is 4. The molecule has 12 nitrogen and oxygen atoms in total. The fraction of sp³-hybridized carbons (Fsp3) is 0.692. The summed E-state index contributed by atoms with van der Waals surface area (Å²) in [7, 11) is 0. The van der Waals surface area contributed by atoms with E-state index in [9.17, 15) is 30.2 Å². The number of ether oxygens (including phenoxy) is 2. The Kier molecular flexibility index (Phi) is 6.49. The minimum Gasteiger partial charge on any atom is -0.479 e. The topological polar surface area (TPSA) is 177 Å². The van der Waals surface area contributed by atoms with Gasteiger partial charge in [0.05, 0.1) is 5.88 Å². The van der Waals surface area contributed by atoms with Crippen LogP contribution in [0.4, 0.5) is 5.82 Å². The highest BCUT2D eigenvalue weighted by Crippen LogP contribution is 2.24. The van der Waals surface area contributed by atoms with Crippen molar-refractivity contribution in [2.75, 3.05) is 5.88 Å². The summed E-state index contributed by atoms with van der Waals surface area (Å²) < 4.78 is 11.6. The van der Waals surface area contributed by atoms with E-state index in [1.165, 1.54) is 11.5 Å². The molecule has 0 amide bonds. The van der Waals surface area contributed by atoms with Crippen LogP contribution in [-0.2, 0) is 20.8 Å². The summed E-state index contributed by atoms with van der Waals surface area (Å²) >= 11 is 5.81. The smallest absolute Gasteiger partial charge is 0.342 e. The number of nitrogens with zero attached hydrogens (tertiary/aromatic N) is 3. The molecule has 0 unspecified atom stereocenters. The first-order chi connectivity index (χ1) is 12.2. The van der Waals surface area contributed by atoms with Gasteiger partial charge in [0, 0.05) is 6.92 Å². The third kappa shape index (κ3) is 4.11. The van der Waals surface area contributed by atoms with Crippen LogP contribution < -0.4 is 0 Å². The maximum atomic E-state index is 11.1. The summed E-state index contributed by atoms with van der Waals surface area (Å²) in [6.07, 6.45) is -8.73. The summed E-state index contributed by atoms with van der Waals surface area (Å²) in [4.78, 5) is 25.3. The van der Waals surface area contributed by atoms with E-state index in [1.807, 2.05) is 0 Å². The SMILES string of the molecule is Cc1ncc([N+](=O)[O-])n1C[C@@H](CCl)O[C@H]1O[C@@H](C(=O)O)[C@H](O)[C@@H](O)[C@@H]1O. The van der Waals surface area contributed by atoms with E-state index in [1.54, 1.807) is 0 Å². The Labute approximate surface area is 151 Å². The molecular weight excluding hydrogens is 378 g/mol. The van der Waals surface area contributed by atoms with Crippen molar-refractivity contribution in [3.8, 4) is 0 Å². The van der Waals surface area contributed by atoms with Crippen LogP contribution in [0.5, 0.6) is 0 Å². The van der Waals surface area contributed by atoms with Crippen LogP contribution in [0.1, 0.15) is 5.82 Å². The molecule has 1 aliphatic heterocycles. The Hall–Kier alpha value is -1.83. The molecule has 1 aromatic heterocycles. The number of aliphatic carboxylic acids is 1. The number of aryl methyl sites for hydroxylation is 1. The van der Waals surface area contributed by atoms with Crippen LogP contribution in [0.15, 0.2) is 6.20 Å². The fourth-order valence-electron chi connectivity index (χ4n) is 2.51. The molecule has 2 rings (SSSR count). The van der Waals surface area contributed by atoms with Crippen molar-refractivity contribution in [2.45, 2.75) is 50.3 Å². The number of imidazole rings is 1. The van der Waals surface area contributed by atoms with Gasteiger partial charge in [-0.1, -0.05) is 0 Å². The minimum absolute atomic E-state index is 0.130. The Bertz CT molecular complexity index is 669. The predicted octanol–water partition coefficient (Wildman–Crippen LogP) is -1.38. The first-order valence-corrected chi connectivity index (χ1v) is 8.01. The lowest BCUT2D eigenvalue weighted by Crippen LogP contribution is -2.61. The van der Waals surface area contributed by atoms with Gasteiger partial charge in [0.2, 0.25) is 0 Å². The fourth-order valence-corrected chi connectivity index (χ4v) is 2.68. The van der Waals surface area contributed by atoms with E-state index in [-0.39, 0.29) is 18.2 Å². The number of carboxylic acid groups (broad SMARTS) is 1. The minimum atomic E-state index is -1.85. The van der Waals surface area contributed by atoms with Crippen LogP contribution in [-0.4, -0.2) is 83.6 Å². The van der Waals surface area contributed by atoms with E-state index in [2.05, 4.69) is 4.98 Å². The molecule has 1 fully saturated rings. The molecule has 1 aromatic rings. The number of carboxylic acids is 1. The molecule has 0 saturated carbocycles. The molecule has 0 aliphatic carbocycles. The van der Waals surface area contributed by atoms with Crippen molar-refractivity contribution in [1.82, 2.24) is 9.55 Å². The average Bonchev–Trinajstić information content (AvgIpc) is 2.94. The summed E-state index contributed by atoms with van der Waals surface area (Å²) in [5.41, 5.74) is 0. The van der Waals surface area contributed by atoms with Gasteiger partial charge < -0.3 is 40.0 Å². The van der Waals surface area contributed by atoms with E-state index in [4.69, 9.17) is 26.2 Å². The van der Waals surface area contributed by atoms with Crippen molar-refractivity contribution in [3.63, 3.8) is 0 Å². The van der Waals surface area contributed by atoms with Crippen molar-refractivity contribution in [1.29, 1.82) is 0 Å². The normalized spacial score (nSPS) is 30.1. The van der Waals surface area contributed by atoms with Gasteiger partial charge in [-0.05, 0) is 4.92 Å². The lowest BCUT2D eigenvalue weighted by atomic mass is 9.99. The maximum Gasteiger partial charge on any atom is 0.342 e. The lowest BCUT2D eigenvalue weighted by Gasteiger charge is -2.39. The monoisotopic (exact) mass is 395 g/mol. The summed E-state index contributed by atoms with van der Waals surface area (Å²) in [6.45, 7) is 1.40. The van der Waals surface area contributed by atoms with Crippen LogP contribution in [0.2, 0.25) is 0 Å². The van der Waals surface area contributed by atoms with E-state index < -0.39 is 47.7 Å². The molecular formula is C13H18ClN3O9. The molecule has 0 aromatic carbocycles. The second-order valence-corrected chi connectivity index (χ2v) is 5.99. The number of aromatic nitrogens is 2. The molecule has 1 aliphatic rings. The highest BCUT2D eigenvalue weighted by Gasteiger charge is 2.48. The van der Waals surface area contributed by atoms with Crippen molar-refractivity contribution < 1.29 is 39.6 Å². The lowest BCUT2D eigenvalue weighted by molar-refractivity contribution is -0.392. The summed E-state index contributed by atoms with van der Waals surface area (Å²) in [5, 5.41) is 49.4. The number of hydrogen-bond acceptors (Lipinski definition) is 9. The number of alkyl halides is 1. The highest BCUT2D eigenvalue weighted by atomic mass is 35.5. The summed E-state index contributed by atoms with van der Waals surface area (Å²) in [6, 6.07) is 0. The quantitative estimate of drug-likeness (QED) is 0.244. The van der Waals surface area contributed by atoms with Crippen molar-refractivity contribution >= 4 is 23.4 Å². The maximum absolute atomic E-state index is 11.1. The Morgan fingerprint density at radius 2 is 2.12 bits per heavy atom. The number of rotatable bonds is 7. The van der Waals surface area contributed by atoms with Crippen molar-refractivity contribution in [2.24, 2.45) is 0 Å². The van der Waals surface area contributed by atoms with Gasteiger partial charge >= 0.3 is 11.8 Å². The average molecular weight is 396 g/mol. The molecule has 26 heavy (non-hydrogen) atoms. The molecule has 0 spiro atoms. The number of nitro groups is 1. The third-order valence-corrected chi connectivity index (χ3v) is 4.26. The third-order valence-electron chi connectivity index (χ3n) is 3.92. The van der Waals surface area contributed by atoms with Gasteiger partial charge in [-0.15, -0.1) is 11.6 Å². The number of aliphatic hydroxyl groups is 3. The van der Waals surface area contributed by atoms with Crippen LogP contribution in [0, 0.1) is 17.0 Å². The number of aliphatic hydroxyl groups excluding tert-OH is 3. The molecule has 13 heteroatoms. The van der Waals surface area contributed by atoms with Gasteiger partial charge in [-0.2, -0.15) is 0 Å². The van der Waals surface area contributed by atoms with Gasteiger partial charge in [0.25, 0.3) is 0 Å². The molecule has 0 radical (unpaired) electrons. The summed E-state index contributed by atoms with van der Waals surface area (Å²) in [5.74, 6) is -1.72. The van der Waals surface area contributed by atoms with Crippen molar-refractivity contribution in [3.05, 3.63) is 22.1 Å². The molecule has 1 saturated heterocycles. The zero-order valence-corrected chi connectivity index (χ0v) is 14.3. The highest BCUT2D eigenvalue weighted by molar-refractivity contribution is 6.18. The van der Waals surface area contributed by atoms with E-state index >= 15 is 0 Å². The van der Waals surface area contributed by atoms with E-state index in [0.29, 0.717) is 5.82 Å². The first-order valence-electron chi connectivity index (χ1n) is 7.47. The van der Waals surface area contributed by atoms with Crippen LogP contribution >= 0.6 is 11.6 Å². The second kappa shape index (κ2) is 8.24. The standard InChI is InChI=1S/C13H18ClN3O9/c1-5-15-3-7(17(23)24)16(5)4-6(2-14)25-13-10(20)8(18)9(19)11(26-13)12(21)22/h3,6,8-11,13,18-20H,2,4H2,1H3,(H,21,22)/t6-,8-,9-,10+,11-,13+/m1/s1. The zero-order valence-electron chi connectivity index (χ0n) is 13.5. The van der Waals surface area contributed by atoms with Gasteiger partial charge in [0.1, 0.15) is 37.2 Å². The Morgan fingerprint density at radius 3 is 2.65 bits per heavy atom. The largest absolute Gasteiger partial charge is 0.479 e. The second-order valence-electron chi connectivity index (χ2n) is 5.68. The Morgan fingerprint density at radius 1 is 1.46 bits per heavy atom. The molecule has 4 N–H and O–H groups in total. The van der Waals surface area contributed by atoms with Gasteiger partial charge in [-0.3, -0.25) is 0 Å². The van der Waals surface area contributed by atoms with Crippen LogP contribution in [0.25, 0.3) is 0 Å². The molecule has 6 atom stereocenters. The molecule has 0 bridgehead atoms. The number of halogens is 1. The first kappa shape index (κ1) is 20.5. The number of carbonyl (C=O) groups is 1. The predicted molar refractivity (Wildman–Crippen MR) is 83.5 cm³/mol.